The second kappa shape index (κ2) is 9.98. The summed E-state index contributed by atoms with van der Waals surface area (Å²) in [5.41, 5.74) is 4.91. The average Bonchev–Trinajstić information content (AvgIpc) is 2.69. The topological polar surface area (TPSA) is 44.8 Å². The van der Waals surface area contributed by atoms with E-state index < -0.39 is 0 Å². The fraction of sp³-hybridized carbons (Fsp3) is 0.375. The summed E-state index contributed by atoms with van der Waals surface area (Å²) >= 11 is 0. The summed E-state index contributed by atoms with van der Waals surface area (Å²) in [5.74, 6) is 1.65. The molecule has 0 unspecified atom stereocenters. The summed E-state index contributed by atoms with van der Waals surface area (Å²) < 4.78 is 16.8. The molecular formula is C24H30O4. The molecule has 0 radical (unpaired) electrons. The maximum Gasteiger partial charge on any atom is 0.293 e. The Morgan fingerprint density at radius 3 is 2.46 bits per heavy atom. The highest BCUT2D eigenvalue weighted by molar-refractivity contribution is 5.49. The minimum Gasteiger partial charge on any atom is -0.497 e. The molecule has 0 N–H and O–H groups in total. The van der Waals surface area contributed by atoms with E-state index in [1.807, 2.05) is 51.1 Å². The second-order valence-corrected chi connectivity index (χ2v) is 7.08. The van der Waals surface area contributed by atoms with Crippen molar-refractivity contribution in [2.45, 2.75) is 46.3 Å². The number of carbonyl (C=O) groups is 1. The van der Waals surface area contributed by atoms with Gasteiger partial charge in [-0.3, -0.25) is 4.79 Å². The standard InChI is InChI=1S/C24H30O4/c1-7-22(27-14-19-9-11-20(26-6)12-10-19)18(5)23-17(4)8-13-21(16(2)3)24(23)28-15-25/h7,9-12,15,21,24H,2,4,8,13-14H2,1,3,5-6H3/b22-7+,23-18+/t21-,24+/m0/s1. The van der Waals surface area contributed by atoms with Crippen LogP contribution in [-0.2, 0) is 20.9 Å². The number of methoxy groups -OCH3 is 1. The summed E-state index contributed by atoms with van der Waals surface area (Å²) in [4.78, 5) is 11.2. The Morgan fingerprint density at radius 2 is 1.93 bits per heavy atom. The minimum atomic E-state index is -0.379. The molecule has 1 aliphatic carbocycles. The summed E-state index contributed by atoms with van der Waals surface area (Å²) in [5, 5.41) is 0. The molecule has 1 aliphatic rings. The van der Waals surface area contributed by atoms with Gasteiger partial charge in [0.2, 0.25) is 0 Å². The van der Waals surface area contributed by atoms with Crippen molar-refractivity contribution >= 4 is 6.47 Å². The lowest BCUT2D eigenvalue weighted by Crippen LogP contribution is -2.32. The van der Waals surface area contributed by atoms with Crippen LogP contribution in [0.1, 0.15) is 39.2 Å². The van der Waals surface area contributed by atoms with Crippen LogP contribution in [0, 0.1) is 5.92 Å². The molecule has 2 atom stereocenters. The van der Waals surface area contributed by atoms with E-state index in [2.05, 4.69) is 13.2 Å². The first-order valence-corrected chi connectivity index (χ1v) is 9.48. The molecule has 1 fully saturated rings. The minimum absolute atomic E-state index is 0.0837. The van der Waals surface area contributed by atoms with Gasteiger partial charge in [-0.25, -0.2) is 0 Å². The molecule has 0 heterocycles. The van der Waals surface area contributed by atoms with Gasteiger partial charge in [0.25, 0.3) is 6.47 Å². The van der Waals surface area contributed by atoms with Crippen LogP contribution in [0.15, 0.2) is 71.6 Å². The Kier molecular flexibility index (Phi) is 7.68. The van der Waals surface area contributed by atoms with E-state index in [9.17, 15) is 4.79 Å². The lowest BCUT2D eigenvalue weighted by atomic mass is 9.75. The van der Waals surface area contributed by atoms with E-state index in [0.717, 1.165) is 52.2 Å². The zero-order chi connectivity index (χ0) is 20.7. The van der Waals surface area contributed by atoms with Gasteiger partial charge in [-0.1, -0.05) is 30.9 Å². The fourth-order valence-electron chi connectivity index (χ4n) is 3.65. The SMILES string of the molecule is C=C1CC[C@@H](C(=C)C)[C@@H](OC=O)/C1=C(C)/C(=C\C)OCc1ccc(OC)cc1. The van der Waals surface area contributed by atoms with Crippen LogP contribution in [-0.4, -0.2) is 19.7 Å². The first-order chi connectivity index (χ1) is 13.4. The average molecular weight is 383 g/mol. The van der Waals surface area contributed by atoms with Crippen LogP contribution in [0.5, 0.6) is 5.75 Å². The van der Waals surface area contributed by atoms with Crippen molar-refractivity contribution in [1.82, 2.24) is 0 Å². The van der Waals surface area contributed by atoms with Gasteiger partial charge in [0.15, 0.2) is 0 Å². The van der Waals surface area contributed by atoms with Crippen molar-refractivity contribution in [3.8, 4) is 5.75 Å². The van der Waals surface area contributed by atoms with Gasteiger partial charge in [-0.05, 0) is 68.5 Å². The van der Waals surface area contributed by atoms with Gasteiger partial charge in [0, 0.05) is 11.5 Å². The van der Waals surface area contributed by atoms with E-state index in [0.29, 0.717) is 13.1 Å². The second-order valence-electron chi connectivity index (χ2n) is 7.08. The van der Waals surface area contributed by atoms with Crippen molar-refractivity contribution < 1.29 is 19.0 Å². The van der Waals surface area contributed by atoms with Crippen molar-refractivity contribution in [2.24, 2.45) is 5.92 Å². The molecule has 0 saturated heterocycles. The molecule has 0 bridgehead atoms. The number of ether oxygens (including phenoxy) is 3. The van der Waals surface area contributed by atoms with Crippen molar-refractivity contribution in [2.75, 3.05) is 7.11 Å². The number of carbonyl (C=O) groups excluding carboxylic acids is 1. The van der Waals surface area contributed by atoms with Crippen LogP contribution < -0.4 is 4.74 Å². The summed E-state index contributed by atoms with van der Waals surface area (Å²) in [6.07, 6.45) is 3.28. The van der Waals surface area contributed by atoms with Crippen LogP contribution in [0.2, 0.25) is 0 Å². The third kappa shape index (κ3) is 4.94. The molecule has 1 aromatic rings. The Bertz CT molecular complexity index is 783. The van der Waals surface area contributed by atoms with Crippen molar-refractivity contribution in [3.63, 3.8) is 0 Å². The summed E-state index contributed by atoms with van der Waals surface area (Å²) in [7, 11) is 1.64. The number of hydrogen-bond donors (Lipinski definition) is 0. The van der Waals surface area contributed by atoms with Gasteiger partial charge in [0.1, 0.15) is 24.2 Å². The molecule has 1 saturated carbocycles. The zero-order valence-corrected chi connectivity index (χ0v) is 17.3. The van der Waals surface area contributed by atoms with E-state index in [1.165, 1.54) is 0 Å². The normalized spacial score (nSPS) is 21.7. The van der Waals surface area contributed by atoms with Gasteiger partial charge in [-0.15, -0.1) is 0 Å². The Morgan fingerprint density at radius 1 is 1.25 bits per heavy atom. The monoisotopic (exact) mass is 382 g/mol. The molecule has 0 amide bonds. The predicted octanol–water partition coefficient (Wildman–Crippen LogP) is 5.52. The maximum absolute atomic E-state index is 11.2. The Labute approximate surface area is 168 Å². The van der Waals surface area contributed by atoms with E-state index in [-0.39, 0.29) is 12.0 Å². The van der Waals surface area contributed by atoms with Gasteiger partial charge < -0.3 is 14.2 Å². The summed E-state index contributed by atoms with van der Waals surface area (Å²) in [6.45, 7) is 15.1. The fourth-order valence-corrected chi connectivity index (χ4v) is 3.65. The highest BCUT2D eigenvalue weighted by Gasteiger charge is 2.34. The first kappa shape index (κ1) is 21.5. The molecule has 4 heteroatoms. The predicted molar refractivity (Wildman–Crippen MR) is 112 cm³/mol. The zero-order valence-electron chi connectivity index (χ0n) is 17.3. The van der Waals surface area contributed by atoms with Crippen molar-refractivity contribution in [1.29, 1.82) is 0 Å². The first-order valence-electron chi connectivity index (χ1n) is 9.48. The van der Waals surface area contributed by atoms with E-state index >= 15 is 0 Å². The Hall–Kier alpha value is -2.75. The molecule has 0 aliphatic heterocycles. The molecule has 4 nitrogen and oxygen atoms in total. The molecular weight excluding hydrogens is 352 g/mol. The van der Waals surface area contributed by atoms with Crippen LogP contribution in [0.4, 0.5) is 0 Å². The number of hydrogen-bond acceptors (Lipinski definition) is 4. The maximum atomic E-state index is 11.2. The molecule has 150 valence electrons. The molecule has 0 aromatic heterocycles. The summed E-state index contributed by atoms with van der Waals surface area (Å²) in [6, 6.07) is 7.77. The van der Waals surface area contributed by atoms with Crippen LogP contribution >= 0.6 is 0 Å². The van der Waals surface area contributed by atoms with E-state index in [1.54, 1.807) is 7.11 Å². The van der Waals surface area contributed by atoms with Crippen LogP contribution in [0.25, 0.3) is 0 Å². The third-order valence-electron chi connectivity index (χ3n) is 5.21. The molecule has 1 aromatic carbocycles. The molecule has 28 heavy (non-hydrogen) atoms. The van der Waals surface area contributed by atoms with E-state index in [4.69, 9.17) is 14.2 Å². The van der Waals surface area contributed by atoms with Gasteiger partial charge >= 0.3 is 0 Å². The largest absolute Gasteiger partial charge is 0.497 e. The lowest BCUT2D eigenvalue weighted by Gasteiger charge is -2.35. The molecule has 2 rings (SSSR count). The highest BCUT2D eigenvalue weighted by Crippen LogP contribution is 2.40. The number of benzene rings is 1. The third-order valence-corrected chi connectivity index (χ3v) is 5.21. The van der Waals surface area contributed by atoms with Gasteiger partial charge in [0.05, 0.1) is 7.11 Å². The smallest absolute Gasteiger partial charge is 0.293 e. The Balaban J connectivity index is 2.28. The van der Waals surface area contributed by atoms with Crippen molar-refractivity contribution in [3.05, 3.63) is 77.1 Å². The van der Waals surface area contributed by atoms with Crippen LogP contribution in [0.3, 0.4) is 0 Å². The van der Waals surface area contributed by atoms with Gasteiger partial charge in [-0.2, -0.15) is 0 Å². The number of allylic oxidation sites excluding steroid dienone is 2. The quantitative estimate of drug-likeness (QED) is 0.337. The molecule has 0 spiro atoms. The highest BCUT2D eigenvalue weighted by atomic mass is 16.5. The number of rotatable bonds is 8. The lowest BCUT2D eigenvalue weighted by molar-refractivity contribution is -0.133.